The maximum atomic E-state index is 12.5. The monoisotopic (exact) mass is 255 g/mol. The molecule has 0 aromatic heterocycles. The van der Waals surface area contributed by atoms with Gasteiger partial charge in [-0.3, -0.25) is 9.69 Å². The molecule has 100 valence electrons. The quantitative estimate of drug-likeness (QED) is 0.824. The molecule has 1 rings (SSSR count). The van der Waals surface area contributed by atoms with Crippen molar-refractivity contribution >= 4 is 5.97 Å². The van der Waals surface area contributed by atoms with Crippen LogP contribution < -0.4 is 0 Å². The summed E-state index contributed by atoms with van der Waals surface area (Å²) in [7, 11) is 1.51. The predicted molar refractivity (Wildman–Crippen MR) is 53.7 cm³/mol. The van der Waals surface area contributed by atoms with Crippen LogP contribution in [0.25, 0.3) is 0 Å². The number of nitrogens with zero attached hydrogens (tertiary/aromatic N) is 1. The Bertz CT molecular complexity index is 270. The van der Waals surface area contributed by atoms with E-state index in [4.69, 9.17) is 9.84 Å². The molecule has 4 nitrogen and oxygen atoms in total. The number of carboxylic acids is 1. The summed E-state index contributed by atoms with van der Waals surface area (Å²) in [6, 6.07) is 0. The zero-order valence-electron chi connectivity index (χ0n) is 9.54. The van der Waals surface area contributed by atoms with Gasteiger partial charge in [0.2, 0.25) is 0 Å². The van der Waals surface area contributed by atoms with E-state index >= 15 is 0 Å². The highest BCUT2D eigenvalue weighted by molar-refractivity contribution is 5.71. The van der Waals surface area contributed by atoms with Crippen LogP contribution in [0.2, 0.25) is 0 Å². The Balaban J connectivity index is 2.58. The maximum Gasteiger partial charge on any atom is 0.403 e. The molecule has 1 aliphatic heterocycles. The number of hydrogen-bond acceptors (Lipinski definition) is 3. The molecule has 0 saturated carbocycles. The SMILES string of the molecule is COC1CCCN(CC(C(=O)O)C(F)(F)F)C1. The summed E-state index contributed by atoms with van der Waals surface area (Å²) in [6.07, 6.45) is -3.28. The predicted octanol–water partition coefficient (Wildman–Crippen LogP) is 1.36. The highest BCUT2D eigenvalue weighted by Crippen LogP contribution is 2.28. The van der Waals surface area contributed by atoms with Crippen molar-refractivity contribution in [1.82, 2.24) is 4.90 Å². The molecular weight excluding hydrogens is 239 g/mol. The molecule has 7 heteroatoms. The van der Waals surface area contributed by atoms with E-state index in [9.17, 15) is 18.0 Å². The highest BCUT2D eigenvalue weighted by atomic mass is 19.4. The number of hydrogen-bond donors (Lipinski definition) is 1. The van der Waals surface area contributed by atoms with Crippen LogP contribution in [-0.4, -0.2) is 55.0 Å². The maximum absolute atomic E-state index is 12.5. The zero-order valence-corrected chi connectivity index (χ0v) is 9.54. The molecule has 1 heterocycles. The molecule has 1 saturated heterocycles. The minimum atomic E-state index is -4.70. The van der Waals surface area contributed by atoms with E-state index in [-0.39, 0.29) is 6.10 Å². The summed E-state index contributed by atoms with van der Waals surface area (Å²) in [5.41, 5.74) is 0. The van der Waals surface area contributed by atoms with Gasteiger partial charge >= 0.3 is 12.1 Å². The number of methoxy groups -OCH3 is 1. The van der Waals surface area contributed by atoms with E-state index in [0.29, 0.717) is 13.1 Å². The van der Waals surface area contributed by atoms with Gasteiger partial charge in [-0.2, -0.15) is 13.2 Å². The van der Waals surface area contributed by atoms with Crippen LogP contribution in [0.5, 0.6) is 0 Å². The van der Waals surface area contributed by atoms with Crippen LogP contribution in [-0.2, 0) is 9.53 Å². The number of carbonyl (C=O) groups is 1. The lowest BCUT2D eigenvalue weighted by atomic mass is 10.0. The Hall–Kier alpha value is -0.820. The summed E-state index contributed by atoms with van der Waals surface area (Å²) in [4.78, 5) is 12.1. The van der Waals surface area contributed by atoms with Crippen molar-refractivity contribution < 1.29 is 27.8 Å². The first-order valence-electron chi connectivity index (χ1n) is 5.39. The fourth-order valence-electron chi connectivity index (χ4n) is 1.95. The zero-order chi connectivity index (χ0) is 13.1. The lowest BCUT2D eigenvalue weighted by molar-refractivity contribution is -0.197. The van der Waals surface area contributed by atoms with Gasteiger partial charge in [0.25, 0.3) is 0 Å². The average molecular weight is 255 g/mol. The summed E-state index contributed by atoms with van der Waals surface area (Å²) in [5.74, 6) is -4.14. The van der Waals surface area contributed by atoms with Gasteiger partial charge < -0.3 is 9.84 Å². The molecule has 0 spiro atoms. The van der Waals surface area contributed by atoms with Crippen molar-refractivity contribution in [3.8, 4) is 0 Å². The molecule has 1 aliphatic rings. The Morgan fingerprint density at radius 2 is 2.24 bits per heavy atom. The summed E-state index contributed by atoms with van der Waals surface area (Å²) in [6.45, 7) is 0.342. The molecule has 0 aromatic carbocycles. The molecule has 0 bridgehead atoms. The normalized spacial score (nSPS) is 24.6. The van der Waals surface area contributed by atoms with Crippen molar-refractivity contribution in [1.29, 1.82) is 0 Å². The van der Waals surface area contributed by atoms with E-state index in [1.807, 2.05) is 0 Å². The summed E-state index contributed by atoms with van der Waals surface area (Å²) < 4.78 is 42.5. The van der Waals surface area contributed by atoms with Crippen molar-refractivity contribution in [2.45, 2.75) is 25.1 Å². The number of ether oxygens (including phenoxy) is 1. The van der Waals surface area contributed by atoms with Gasteiger partial charge in [0.15, 0.2) is 5.92 Å². The van der Waals surface area contributed by atoms with E-state index < -0.39 is 24.6 Å². The Morgan fingerprint density at radius 1 is 1.59 bits per heavy atom. The van der Waals surface area contributed by atoms with Gasteiger partial charge in [-0.15, -0.1) is 0 Å². The van der Waals surface area contributed by atoms with Crippen LogP contribution >= 0.6 is 0 Å². The van der Waals surface area contributed by atoms with E-state index in [0.717, 1.165) is 12.8 Å². The Kier molecular flexibility index (Phi) is 4.76. The second-order valence-corrected chi connectivity index (χ2v) is 4.19. The second-order valence-electron chi connectivity index (χ2n) is 4.19. The Morgan fingerprint density at radius 3 is 2.71 bits per heavy atom. The molecule has 17 heavy (non-hydrogen) atoms. The summed E-state index contributed by atoms with van der Waals surface area (Å²) >= 11 is 0. The lowest BCUT2D eigenvalue weighted by Crippen LogP contribution is -2.46. The topological polar surface area (TPSA) is 49.8 Å². The van der Waals surface area contributed by atoms with Crippen molar-refractivity contribution in [3.05, 3.63) is 0 Å². The van der Waals surface area contributed by atoms with Crippen LogP contribution in [0.4, 0.5) is 13.2 Å². The number of carboxylic acid groups (broad SMARTS) is 1. The van der Waals surface area contributed by atoms with Crippen LogP contribution in [0.1, 0.15) is 12.8 Å². The van der Waals surface area contributed by atoms with Crippen molar-refractivity contribution in [2.75, 3.05) is 26.7 Å². The van der Waals surface area contributed by atoms with Gasteiger partial charge in [-0.1, -0.05) is 0 Å². The van der Waals surface area contributed by atoms with Gasteiger partial charge in [-0.05, 0) is 19.4 Å². The van der Waals surface area contributed by atoms with Crippen molar-refractivity contribution in [2.24, 2.45) is 5.92 Å². The Labute approximate surface area is 97.3 Å². The third kappa shape index (κ3) is 4.16. The molecule has 0 radical (unpaired) electrons. The highest BCUT2D eigenvalue weighted by Gasteiger charge is 2.46. The first-order chi connectivity index (χ1) is 7.84. The molecule has 0 aliphatic carbocycles. The first-order valence-corrected chi connectivity index (χ1v) is 5.39. The van der Waals surface area contributed by atoms with Crippen LogP contribution in [0, 0.1) is 5.92 Å². The summed E-state index contributed by atoms with van der Waals surface area (Å²) in [5, 5.41) is 8.58. The molecular formula is C10H16F3NO3. The molecule has 1 fully saturated rings. The third-order valence-corrected chi connectivity index (χ3v) is 2.93. The van der Waals surface area contributed by atoms with E-state index in [1.165, 1.54) is 12.0 Å². The minimum Gasteiger partial charge on any atom is -0.481 e. The third-order valence-electron chi connectivity index (χ3n) is 2.93. The number of rotatable bonds is 4. The van der Waals surface area contributed by atoms with Gasteiger partial charge in [-0.25, -0.2) is 0 Å². The second kappa shape index (κ2) is 5.68. The number of aliphatic carboxylic acids is 1. The van der Waals surface area contributed by atoms with Gasteiger partial charge in [0.05, 0.1) is 6.10 Å². The van der Waals surface area contributed by atoms with E-state index in [2.05, 4.69) is 0 Å². The van der Waals surface area contributed by atoms with Crippen LogP contribution in [0.3, 0.4) is 0 Å². The fraction of sp³-hybridized carbons (Fsp3) is 0.900. The number of piperidine rings is 1. The largest absolute Gasteiger partial charge is 0.481 e. The van der Waals surface area contributed by atoms with E-state index in [1.54, 1.807) is 0 Å². The number of likely N-dealkylation sites (tertiary alicyclic amines) is 1. The molecule has 0 aromatic rings. The van der Waals surface area contributed by atoms with Crippen LogP contribution in [0.15, 0.2) is 0 Å². The standard InChI is InChI=1S/C10H16F3NO3/c1-17-7-3-2-4-14(5-7)6-8(9(15)16)10(11,12)13/h7-8H,2-6H2,1H3,(H,15,16). The first kappa shape index (κ1) is 14.2. The molecule has 2 unspecified atom stereocenters. The smallest absolute Gasteiger partial charge is 0.403 e. The molecule has 2 atom stereocenters. The number of halogens is 3. The van der Waals surface area contributed by atoms with Gasteiger partial charge in [0.1, 0.15) is 0 Å². The molecule has 1 N–H and O–H groups in total. The average Bonchev–Trinajstić information content (AvgIpc) is 2.24. The van der Waals surface area contributed by atoms with Crippen molar-refractivity contribution in [3.63, 3.8) is 0 Å². The minimum absolute atomic E-state index is 0.105. The fourth-order valence-corrected chi connectivity index (χ4v) is 1.95. The van der Waals surface area contributed by atoms with Gasteiger partial charge in [0, 0.05) is 20.2 Å². The lowest BCUT2D eigenvalue weighted by Gasteiger charge is -2.33. The molecule has 0 amide bonds. The number of alkyl halides is 3.